The average molecular weight is 213 g/mol. The van der Waals surface area contributed by atoms with Gasteiger partial charge >= 0.3 is 5.69 Å². The molecule has 0 radical (unpaired) electrons. The van der Waals surface area contributed by atoms with E-state index in [1.807, 2.05) is 0 Å². The fraction of sp³-hybridized carbons (Fsp3) is 0. The number of rotatable bonds is 1. The van der Waals surface area contributed by atoms with Crippen LogP contribution in [0.3, 0.4) is 0 Å². The number of nitrogens with two attached hydrogens (primary N) is 1. The third kappa shape index (κ3) is 1.08. The number of nitrogens with zero attached hydrogens (tertiary/aromatic N) is 2. The van der Waals surface area contributed by atoms with Crippen LogP contribution in [0.15, 0.2) is 12.3 Å². The molecule has 1 heterocycles. The van der Waals surface area contributed by atoms with Crippen molar-refractivity contribution in [2.24, 2.45) is 0 Å². The van der Waals surface area contributed by atoms with Gasteiger partial charge in [-0.1, -0.05) is 11.6 Å². The Kier molecular flexibility index (Phi) is 1.78. The molecule has 0 unspecified atom stereocenters. The van der Waals surface area contributed by atoms with Crippen LogP contribution in [-0.2, 0) is 0 Å². The number of H-pyrrole nitrogens is 1. The molecule has 1 aromatic carbocycles. The molecule has 2 aromatic rings. The van der Waals surface area contributed by atoms with Gasteiger partial charge in [-0.3, -0.25) is 15.2 Å². The maximum Gasteiger partial charge on any atom is 0.312 e. The van der Waals surface area contributed by atoms with Crippen molar-refractivity contribution >= 4 is 33.9 Å². The first-order valence-electron chi connectivity index (χ1n) is 3.66. The van der Waals surface area contributed by atoms with Gasteiger partial charge in [0.15, 0.2) is 0 Å². The van der Waals surface area contributed by atoms with Crippen molar-refractivity contribution in [2.75, 3.05) is 5.73 Å². The molecule has 0 aliphatic rings. The predicted octanol–water partition coefficient (Wildman–Crippen LogP) is 1.71. The lowest BCUT2D eigenvalue weighted by molar-refractivity contribution is -0.383. The standard InChI is InChI=1S/C7H5ClN4O2/c8-4-1-3-2-10-11-6(3)5(9)7(4)12(13)14/h1-2H,9H2,(H,10,11). The van der Waals surface area contributed by atoms with Gasteiger partial charge in [-0.05, 0) is 6.07 Å². The second-order valence-corrected chi connectivity index (χ2v) is 3.12. The number of hydrogen-bond acceptors (Lipinski definition) is 4. The van der Waals surface area contributed by atoms with Crippen LogP contribution < -0.4 is 5.73 Å². The number of halogens is 1. The molecule has 2 rings (SSSR count). The Hall–Kier alpha value is -1.82. The Labute approximate surface area is 82.8 Å². The number of fused-ring (bicyclic) bond motifs is 1. The van der Waals surface area contributed by atoms with E-state index >= 15 is 0 Å². The van der Waals surface area contributed by atoms with Crippen molar-refractivity contribution in [3.05, 3.63) is 27.4 Å². The molecule has 6 nitrogen and oxygen atoms in total. The maximum absolute atomic E-state index is 10.6. The molecule has 0 saturated heterocycles. The maximum atomic E-state index is 10.6. The van der Waals surface area contributed by atoms with Gasteiger partial charge in [0.05, 0.1) is 16.6 Å². The van der Waals surface area contributed by atoms with Crippen LogP contribution in [0.25, 0.3) is 10.9 Å². The molecular weight excluding hydrogens is 208 g/mol. The molecule has 72 valence electrons. The Morgan fingerprint density at radius 2 is 2.36 bits per heavy atom. The summed E-state index contributed by atoms with van der Waals surface area (Å²) in [6, 6.07) is 1.45. The third-order valence-electron chi connectivity index (χ3n) is 1.88. The highest BCUT2D eigenvalue weighted by atomic mass is 35.5. The second-order valence-electron chi connectivity index (χ2n) is 2.71. The van der Waals surface area contributed by atoms with Crippen LogP contribution in [0.5, 0.6) is 0 Å². The van der Waals surface area contributed by atoms with E-state index in [9.17, 15) is 10.1 Å². The molecule has 0 aliphatic heterocycles. The molecule has 3 N–H and O–H groups in total. The van der Waals surface area contributed by atoms with Crippen molar-refractivity contribution in [2.45, 2.75) is 0 Å². The summed E-state index contributed by atoms with van der Waals surface area (Å²) in [5, 5.41) is 17.6. The Bertz CT molecular complexity index is 522. The molecule has 0 bridgehead atoms. The molecule has 14 heavy (non-hydrogen) atoms. The molecule has 0 spiro atoms. The fourth-order valence-corrected chi connectivity index (χ4v) is 1.55. The number of hydrogen-bond donors (Lipinski definition) is 2. The number of anilines is 1. The quantitative estimate of drug-likeness (QED) is 0.427. The number of nitrogen functional groups attached to an aromatic ring is 1. The van der Waals surface area contributed by atoms with Gasteiger partial charge in [-0.2, -0.15) is 5.10 Å². The second kappa shape index (κ2) is 2.85. The van der Waals surface area contributed by atoms with E-state index < -0.39 is 4.92 Å². The Balaban J connectivity index is 2.89. The van der Waals surface area contributed by atoms with Gasteiger partial charge in [-0.25, -0.2) is 0 Å². The lowest BCUT2D eigenvalue weighted by Crippen LogP contribution is -1.97. The first-order chi connectivity index (χ1) is 6.61. The van der Waals surface area contributed by atoms with Crippen molar-refractivity contribution in [1.29, 1.82) is 0 Å². The minimum Gasteiger partial charge on any atom is -0.391 e. The number of aromatic amines is 1. The molecule has 1 aromatic heterocycles. The molecular formula is C7H5ClN4O2. The number of nitro groups is 1. The normalized spacial score (nSPS) is 10.6. The molecule has 0 aliphatic carbocycles. The van der Waals surface area contributed by atoms with Crippen molar-refractivity contribution < 1.29 is 4.92 Å². The minimum atomic E-state index is -0.613. The van der Waals surface area contributed by atoms with Crippen LogP contribution in [0.4, 0.5) is 11.4 Å². The summed E-state index contributed by atoms with van der Waals surface area (Å²) in [6.07, 6.45) is 1.50. The summed E-state index contributed by atoms with van der Waals surface area (Å²) < 4.78 is 0. The molecule has 0 fully saturated rings. The van der Waals surface area contributed by atoms with Crippen LogP contribution in [0.1, 0.15) is 0 Å². The first kappa shape index (κ1) is 8.76. The number of nitro benzene ring substituents is 1. The lowest BCUT2D eigenvalue weighted by atomic mass is 10.2. The summed E-state index contributed by atoms with van der Waals surface area (Å²) in [5.41, 5.74) is 5.72. The minimum absolute atomic E-state index is 0.00926. The van der Waals surface area contributed by atoms with Crippen molar-refractivity contribution in [3.63, 3.8) is 0 Å². The topological polar surface area (TPSA) is 97.8 Å². The smallest absolute Gasteiger partial charge is 0.312 e. The van der Waals surface area contributed by atoms with Crippen molar-refractivity contribution in [1.82, 2.24) is 10.2 Å². The summed E-state index contributed by atoms with van der Waals surface area (Å²) in [5.74, 6) is 0. The predicted molar refractivity (Wildman–Crippen MR) is 52.2 cm³/mol. The Morgan fingerprint density at radius 1 is 1.64 bits per heavy atom. The number of benzene rings is 1. The van der Waals surface area contributed by atoms with Crippen LogP contribution in [0.2, 0.25) is 5.02 Å². The van der Waals surface area contributed by atoms with Gasteiger partial charge < -0.3 is 5.73 Å². The summed E-state index contributed by atoms with van der Waals surface area (Å²) in [6.45, 7) is 0. The third-order valence-corrected chi connectivity index (χ3v) is 2.17. The van der Waals surface area contributed by atoms with Gasteiger partial charge in [0.2, 0.25) is 0 Å². The fourth-order valence-electron chi connectivity index (χ4n) is 1.26. The first-order valence-corrected chi connectivity index (χ1v) is 4.04. The number of aromatic nitrogens is 2. The molecule has 0 amide bonds. The molecule has 7 heteroatoms. The van der Waals surface area contributed by atoms with Gasteiger partial charge in [-0.15, -0.1) is 0 Å². The highest BCUT2D eigenvalue weighted by Crippen LogP contribution is 2.35. The van der Waals surface area contributed by atoms with E-state index in [0.717, 1.165) is 0 Å². The average Bonchev–Trinajstić information content (AvgIpc) is 2.50. The van der Waals surface area contributed by atoms with E-state index in [-0.39, 0.29) is 16.4 Å². The number of nitrogens with one attached hydrogen (secondary N) is 1. The van der Waals surface area contributed by atoms with E-state index in [4.69, 9.17) is 17.3 Å². The van der Waals surface area contributed by atoms with E-state index in [1.165, 1.54) is 12.3 Å². The van der Waals surface area contributed by atoms with Crippen molar-refractivity contribution in [3.8, 4) is 0 Å². The zero-order chi connectivity index (χ0) is 10.3. The van der Waals surface area contributed by atoms with Gasteiger partial charge in [0.1, 0.15) is 10.7 Å². The zero-order valence-electron chi connectivity index (χ0n) is 6.82. The van der Waals surface area contributed by atoms with Gasteiger partial charge in [0.25, 0.3) is 0 Å². The molecule has 0 saturated carbocycles. The van der Waals surface area contributed by atoms with E-state index in [1.54, 1.807) is 0 Å². The highest BCUT2D eigenvalue weighted by Gasteiger charge is 2.20. The van der Waals surface area contributed by atoms with Crippen LogP contribution >= 0.6 is 11.6 Å². The lowest BCUT2D eigenvalue weighted by Gasteiger charge is -2.00. The SMILES string of the molecule is Nc1c([N+](=O)[O-])c(Cl)cc2cn[nH]c12. The summed E-state index contributed by atoms with van der Waals surface area (Å²) in [4.78, 5) is 10.0. The summed E-state index contributed by atoms with van der Waals surface area (Å²) in [7, 11) is 0. The van der Waals surface area contributed by atoms with E-state index in [0.29, 0.717) is 10.9 Å². The summed E-state index contributed by atoms with van der Waals surface area (Å²) >= 11 is 5.70. The van der Waals surface area contributed by atoms with E-state index in [2.05, 4.69) is 10.2 Å². The largest absolute Gasteiger partial charge is 0.391 e. The Morgan fingerprint density at radius 3 is 3.00 bits per heavy atom. The van der Waals surface area contributed by atoms with Crippen LogP contribution in [0, 0.1) is 10.1 Å². The van der Waals surface area contributed by atoms with Gasteiger partial charge in [0, 0.05) is 5.39 Å². The monoisotopic (exact) mass is 212 g/mol. The zero-order valence-corrected chi connectivity index (χ0v) is 7.58. The van der Waals surface area contributed by atoms with Crippen LogP contribution in [-0.4, -0.2) is 15.1 Å². The molecule has 0 atom stereocenters. The highest BCUT2D eigenvalue weighted by molar-refractivity contribution is 6.34.